The predicted molar refractivity (Wildman–Crippen MR) is 103 cm³/mol. The molecule has 3 heterocycles. The van der Waals surface area contributed by atoms with Gasteiger partial charge in [0, 0.05) is 24.0 Å². The SMILES string of the molecule is O=C(Cc1ccn2cc(-c3ccccc3)nc2n1)c1n[nH]nc1C(=O)NC1CC1. The van der Waals surface area contributed by atoms with E-state index in [9.17, 15) is 9.59 Å². The van der Waals surface area contributed by atoms with Gasteiger partial charge in [0.1, 0.15) is 0 Å². The molecule has 2 N–H and O–H groups in total. The number of ketones is 1. The first-order chi connectivity index (χ1) is 14.2. The van der Waals surface area contributed by atoms with Gasteiger partial charge in [0.25, 0.3) is 5.91 Å². The highest BCUT2D eigenvalue weighted by Crippen LogP contribution is 2.20. The van der Waals surface area contributed by atoms with E-state index in [0.29, 0.717) is 11.5 Å². The van der Waals surface area contributed by atoms with Crippen molar-refractivity contribution in [2.24, 2.45) is 0 Å². The van der Waals surface area contributed by atoms with Crippen LogP contribution < -0.4 is 5.32 Å². The summed E-state index contributed by atoms with van der Waals surface area (Å²) in [6.45, 7) is 0. The Balaban J connectivity index is 1.37. The Morgan fingerprint density at radius 3 is 2.66 bits per heavy atom. The number of carbonyl (C=O) groups is 2. The molecule has 1 fully saturated rings. The Morgan fingerprint density at radius 2 is 1.86 bits per heavy atom. The number of nitrogens with one attached hydrogen (secondary N) is 2. The quantitative estimate of drug-likeness (QED) is 0.487. The number of carbonyl (C=O) groups excluding carboxylic acids is 2. The minimum atomic E-state index is -0.381. The zero-order valence-electron chi connectivity index (χ0n) is 15.4. The third-order valence-corrected chi connectivity index (χ3v) is 4.73. The predicted octanol–water partition coefficient (Wildman–Crippen LogP) is 1.83. The third kappa shape index (κ3) is 3.49. The first-order valence-corrected chi connectivity index (χ1v) is 9.32. The average molecular weight is 387 g/mol. The number of aromatic amines is 1. The van der Waals surface area contributed by atoms with Crippen molar-refractivity contribution in [1.82, 2.24) is 35.1 Å². The van der Waals surface area contributed by atoms with Crippen LogP contribution in [-0.4, -0.2) is 47.5 Å². The number of H-pyrrole nitrogens is 1. The second-order valence-corrected chi connectivity index (χ2v) is 6.99. The number of Topliss-reactive ketones (excluding diaryl/α,β-unsaturated/α-hetero) is 1. The maximum Gasteiger partial charge on any atom is 0.274 e. The summed E-state index contributed by atoms with van der Waals surface area (Å²) in [6, 6.07) is 11.7. The zero-order chi connectivity index (χ0) is 19.8. The highest BCUT2D eigenvalue weighted by Gasteiger charge is 2.28. The lowest BCUT2D eigenvalue weighted by atomic mass is 10.1. The van der Waals surface area contributed by atoms with Gasteiger partial charge in [-0.05, 0) is 18.9 Å². The molecule has 9 nitrogen and oxygen atoms in total. The van der Waals surface area contributed by atoms with Crippen LogP contribution in [0.15, 0.2) is 48.8 Å². The van der Waals surface area contributed by atoms with Crippen molar-refractivity contribution in [3.05, 3.63) is 65.9 Å². The summed E-state index contributed by atoms with van der Waals surface area (Å²) in [6.07, 6.45) is 5.60. The lowest BCUT2D eigenvalue weighted by Gasteiger charge is -2.02. The van der Waals surface area contributed by atoms with Crippen LogP contribution in [0.25, 0.3) is 17.0 Å². The molecule has 9 heteroatoms. The molecule has 1 aliphatic carbocycles. The van der Waals surface area contributed by atoms with Crippen LogP contribution in [0.4, 0.5) is 0 Å². The van der Waals surface area contributed by atoms with Crippen molar-refractivity contribution in [3.8, 4) is 11.3 Å². The summed E-state index contributed by atoms with van der Waals surface area (Å²) in [7, 11) is 0. The van der Waals surface area contributed by atoms with Gasteiger partial charge < -0.3 is 5.32 Å². The van der Waals surface area contributed by atoms with Crippen LogP contribution in [0.3, 0.4) is 0 Å². The summed E-state index contributed by atoms with van der Waals surface area (Å²) in [5.74, 6) is -0.207. The molecule has 0 atom stereocenters. The molecule has 1 saturated carbocycles. The van der Waals surface area contributed by atoms with Crippen molar-refractivity contribution in [2.45, 2.75) is 25.3 Å². The van der Waals surface area contributed by atoms with Crippen LogP contribution in [0, 0.1) is 0 Å². The van der Waals surface area contributed by atoms with Gasteiger partial charge in [-0.15, -0.1) is 0 Å². The minimum Gasteiger partial charge on any atom is -0.348 e. The number of nitrogens with zero attached hydrogens (tertiary/aromatic N) is 5. The molecule has 1 aliphatic rings. The third-order valence-electron chi connectivity index (χ3n) is 4.73. The number of benzene rings is 1. The monoisotopic (exact) mass is 387 g/mol. The fourth-order valence-electron chi connectivity index (χ4n) is 3.07. The molecule has 0 saturated heterocycles. The summed E-state index contributed by atoms with van der Waals surface area (Å²) < 4.78 is 1.81. The lowest BCUT2D eigenvalue weighted by molar-refractivity contribution is 0.0926. The molecule has 1 amide bonds. The molecule has 5 rings (SSSR count). The minimum absolute atomic E-state index is 0.000270. The topological polar surface area (TPSA) is 118 Å². The number of amides is 1. The number of hydrogen-bond acceptors (Lipinski definition) is 6. The van der Waals surface area contributed by atoms with E-state index in [1.54, 1.807) is 10.5 Å². The van der Waals surface area contributed by atoms with Crippen LogP contribution in [0.1, 0.15) is 39.5 Å². The van der Waals surface area contributed by atoms with Crippen molar-refractivity contribution in [1.29, 1.82) is 0 Å². The summed E-state index contributed by atoms with van der Waals surface area (Å²) in [5, 5.41) is 12.9. The molecule has 0 unspecified atom stereocenters. The van der Waals surface area contributed by atoms with E-state index in [4.69, 9.17) is 0 Å². The first kappa shape index (κ1) is 17.2. The second kappa shape index (κ2) is 6.93. The van der Waals surface area contributed by atoms with Gasteiger partial charge in [-0.1, -0.05) is 30.3 Å². The Hall–Kier alpha value is -3.88. The Labute approximate surface area is 165 Å². The normalized spacial score (nSPS) is 13.5. The summed E-state index contributed by atoms with van der Waals surface area (Å²) >= 11 is 0. The van der Waals surface area contributed by atoms with Gasteiger partial charge in [-0.3, -0.25) is 14.0 Å². The molecule has 0 bridgehead atoms. The van der Waals surface area contributed by atoms with E-state index < -0.39 is 0 Å². The largest absolute Gasteiger partial charge is 0.348 e. The van der Waals surface area contributed by atoms with Crippen molar-refractivity contribution in [3.63, 3.8) is 0 Å². The smallest absolute Gasteiger partial charge is 0.274 e. The molecule has 144 valence electrons. The number of fused-ring (bicyclic) bond motifs is 1. The van der Waals surface area contributed by atoms with Crippen LogP contribution >= 0.6 is 0 Å². The number of rotatable bonds is 6. The van der Waals surface area contributed by atoms with E-state index in [2.05, 4.69) is 30.7 Å². The van der Waals surface area contributed by atoms with Crippen molar-refractivity contribution >= 4 is 17.5 Å². The van der Waals surface area contributed by atoms with Crippen LogP contribution in [0.2, 0.25) is 0 Å². The molecule has 1 aromatic carbocycles. The molecule has 0 aliphatic heterocycles. The van der Waals surface area contributed by atoms with Gasteiger partial charge in [0.2, 0.25) is 5.78 Å². The number of aromatic nitrogens is 6. The van der Waals surface area contributed by atoms with Gasteiger partial charge in [-0.2, -0.15) is 15.4 Å². The number of hydrogen-bond donors (Lipinski definition) is 2. The van der Waals surface area contributed by atoms with E-state index in [1.807, 2.05) is 42.7 Å². The highest BCUT2D eigenvalue weighted by molar-refractivity contribution is 6.06. The van der Waals surface area contributed by atoms with Gasteiger partial charge in [0.05, 0.1) is 17.8 Å². The number of imidazole rings is 1. The van der Waals surface area contributed by atoms with Crippen molar-refractivity contribution in [2.75, 3.05) is 0 Å². The lowest BCUT2D eigenvalue weighted by Crippen LogP contribution is -2.27. The maximum absolute atomic E-state index is 12.7. The Kier molecular flexibility index (Phi) is 4.12. The summed E-state index contributed by atoms with van der Waals surface area (Å²) in [5.41, 5.74) is 2.39. The fraction of sp³-hybridized carbons (Fsp3) is 0.200. The van der Waals surface area contributed by atoms with Gasteiger partial charge >= 0.3 is 0 Å². The standard InChI is InChI=1S/C20H17N7O2/c28-16(17-18(25-26-24-17)19(29)21-13-6-7-13)10-14-8-9-27-11-15(23-20(27)22-14)12-4-2-1-3-5-12/h1-5,8-9,11,13H,6-7,10H2,(H,21,29)(H,24,25,26). The molecule has 29 heavy (non-hydrogen) atoms. The average Bonchev–Trinajstić information content (AvgIpc) is 3.25. The first-order valence-electron chi connectivity index (χ1n) is 9.32. The van der Waals surface area contributed by atoms with E-state index in [-0.39, 0.29) is 35.5 Å². The highest BCUT2D eigenvalue weighted by atomic mass is 16.2. The molecule has 4 aromatic rings. The van der Waals surface area contributed by atoms with Crippen molar-refractivity contribution < 1.29 is 9.59 Å². The maximum atomic E-state index is 12.7. The zero-order valence-corrected chi connectivity index (χ0v) is 15.4. The van der Waals surface area contributed by atoms with Gasteiger partial charge in [0.15, 0.2) is 17.2 Å². The summed E-state index contributed by atoms with van der Waals surface area (Å²) in [4.78, 5) is 33.9. The van der Waals surface area contributed by atoms with Crippen LogP contribution in [-0.2, 0) is 6.42 Å². The van der Waals surface area contributed by atoms with E-state index >= 15 is 0 Å². The van der Waals surface area contributed by atoms with E-state index in [0.717, 1.165) is 24.1 Å². The molecule has 0 radical (unpaired) electrons. The molecular weight excluding hydrogens is 370 g/mol. The Bertz CT molecular complexity index is 1210. The van der Waals surface area contributed by atoms with E-state index in [1.165, 1.54) is 0 Å². The molecule has 3 aromatic heterocycles. The van der Waals surface area contributed by atoms with Gasteiger partial charge in [-0.25, -0.2) is 9.97 Å². The fourth-order valence-corrected chi connectivity index (χ4v) is 3.07. The molecule has 0 spiro atoms. The Morgan fingerprint density at radius 1 is 1.07 bits per heavy atom. The second-order valence-electron chi connectivity index (χ2n) is 6.99. The van der Waals surface area contributed by atoms with Crippen LogP contribution in [0.5, 0.6) is 0 Å². The molecular formula is C20H17N7O2.